The van der Waals surface area contributed by atoms with Gasteiger partial charge in [-0.2, -0.15) is 0 Å². The molecule has 0 aromatic heterocycles. The summed E-state index contributed by atoms with van der Waals surface area (Å²) in [6.45, 7) is 8.28. The second-order valence-electron chi connectivity index (χ2n) is 5.25. The maximum atomic E-state index is 12.3. The van der Waals surface area contributed by atoms with Crippen molar-refractivity contribution >= 4 is 11.8 Å². The molecule has 0 heterocycles. The molecular weight excluding hydrogens is 244 g/mol. The fraction of sp³-hybridized carbons (Fsp3) is 0.600. The van der Waals surface area contributed by atoms with Crippen LogP contribution in [0.1, 0.15) is 33.1 Å². The molecule has 0 aromatic carbocycles. The molecule has 1 unspecified atom stereocenters. The predicted molar refractivity (Wildman–Crippen MR) is 72.4 cm³/mol. The van der Waals surface area contributed by atoms with Crippen LogP contribution in [0.15, 0.2) is 24.5 Å². The van der Waals surface area contributed by atoms with Crippen LogP contribution in [0.2, 0.25) is 0 Å². The van der Waals surface area contributed by atoms with Crippen LogP contribution in [0.4, 0.5) is 0 Å². The molecule has 0 bridgehead atoms. The first-order valence-corrected chi connectivity index (χ1v) is 6.53. The van der Waals surface area contributed by atoms with Crippen molar-refractivity contribution < 1.29 is 19.1 Å². The van der Waals surface area contributed by atoms with Crippen LogP contribution in [0.25, 0.3) is 0 Å². The lowest BCUT2D eigenvalue weighted by Gasteiger charge is -2.31. The molecule has 1 aliphatic carbocycles. The Morgan fingerprint density at radius 2 is 2.26 bits per heavy atom. The molecule has 0 N–H and O–H groups in total. The predicted octanol–water partition coefficient (Wildman–Crippen LogP) is 2.64. The molecule has 1 atom stereocenters. The minimum atomic E-state index is -1.11. The summed E-state index contributed by atoms with van der Waals surface area (Å²) in [5, 5.41) is 0. The van der Waals surface area contributed by atoms with Crippen LogP contribution in [0, 0.1) is 11.3 Å². The minimum absolute atomic E-state index is 0.246. The quantitative estimate of drug-likeness (QED) is 0.421. The fourth-order valence-corrected chi connectivity index (χ4v) is 2.13. The van der Waals surface area contributed by atoms with Crippen molar-refractivity contribution in [2.75, 3.05) is 13.7 Å². The van der Waals surface area contributed by atoms with Gasteiger partial charge in [0.25, 0.3) is 0 Å². The smallest absolute Gasteiger partial charge is 0.320 e. The van der Waals surface area contributed by atoms with Crippen LogP contribution in [0.3, 0.4) is 0 Å². The lowest BCUT2D eigenvalue weighted by Crippen LogP contribution is -2.41. The lowest BCUT2D eigenvalue weighted by molar-refractivity contribution is -0.157. The van der Waals surface area contributed by atoms with Crippen molar-refractivity contribution in [2.24, 2.45) is 11.3 Å². The lowest BCUT2D eigenvalue weighted by atomic mass is 9.73. The first kappa shape index (κ1) is 15.5. The van der Waals surface area contributed by atoms with Gasteiger partial charge < -0.3 is 9.47 Å². The fourth-order valence-electron chi connectivity index (χ4n) is 2.13. The maximum Gasteiger partial charge on any atom is 0.320 e. The van der Waals surface area contributed by atoms with E-state index in [4.69, 9.17) is 9.47 Å². The summed E-state index contributed by atoms with van der Waals surface area (Å²) < 4.78 is 10.3. The number of methoxy groups -OCH3 is 1. The molecule has 0 spiro atoms. The zero-order valence-corrected chi connectivity index (χ0v) is 11.9. The van der Waals surface area contributed by atoms with Crippen LogP contribution in [0.5, 0.6) is 0 Å². The number of esters is 1. The highest BCUT2D eigenvalue weighted by atomic mass is 16.5. The zero-order chi connectivity index (χ0) is 14.5. The summed E-state index contributed by atoms with van der Waals surface area (Å²) in [6.07, 6.45) is 4.30. The Balaban J connectivity index is 2.87. The minimum Gasteiger partial charge on any atom is -0.498 e. The first-order valence-electron chi connectivity index (χ1n) is 6.53. The van der Waals surface area contributed by atoms with Crippen LogP contribution in [-0.2, 0) is 19.1 Å². The van der Waals surface area contributed by atoms with E-state index >= 15 is 0 Å². The molecule has 0 saturated heterocycles. The van der Waals surface area contributed by atoms with Gasteiger partial charge in [-0.05, 0) is 18.8 Å². The highest BCUT2D eigenvalue weighted by Crippen LogP contribution is 2.37. The van der Waals surface area contributed by atoms with Gasteiger partial charge in [-0.15, -0.1) is 6.58 Å². The number of carbonyl (C=O) groups excluding carboxylic acids is 2. The Morgan fingerprint density at radius 3 is 2.74 bits per heavy atom. The summed E-state index contributed by atoms with van der Waals surface area (Å²) >= 11 is 0. The molecule has 0 fully saturated rings. The number of hydrogen-bond donors (Lipinski definition) is 0. The van der Waals surface area contributed by atoms with E-state index in [-0.39, 0.29) is 5.78 Å². The van der Waals surface area contributed by atoms with Gasteiger partial charge in [0.2, 0.25) is 0 Å². The topological polar surface area (TPSA) is 52.6 Å². The van der Waals surface area contributed by atoms with Crippen molar-refractivity contribution in [3.63, 3.8) is 0 Å². The van der Waals surface area contributed by atoms with Crippen LogP contribution >= 0.6 is 0 Å². The zero-order valence-electron chi connectivity index (χ0n) is 11.9. The van der Waals surface area contributed by atoms with Gasteiger partial charge >= 0.3 is 5.97 Å². The molecule has 0 aliphatic heterocycles. The standard InChI is InChI=1S/C15H22O4/c1-5-7-15(14(17)18-4)8-6-12(9-13(15)16)19-10-11(2)3/h5,9,11H,1,6-8,10H2,2-4H3. The maximum absolute atomic E-state index is 12.3. The summed E-state index contributed by atoms with van der Waals surface area (Å²) in [5.41, 5.74) is -1.11. The largest absolute Gasteiger partial charge is 0.498 e. The Labute approximate surface area is 114 Å². The molecule has 106 valence electrons. The average molecular weight is 266 g/mol. The van der Waals surface area contributed by atoms with Gasteiger partial charge in [0, 0.05) is 12.5 Å². The van der Waals surface area contributed by atoms with E-state index in [0.29, 0.717) is 37.5 Å². The van der Waals surface area contributed by atoms with E-state index in [2.05, 4.69) is 6.58 Å². The molecule has 0 aromatic rings. The normalized spacial score (nSPS) is 22.9. The molecule has 4 nitrogen and oxygen atoms in total. The summed E-state index contributed by atoms with van der Waals surface area (Å²) in [5.74, 6) is 0.319. The number of rotatable bonds is 6. The number of carbonyl (C=O) groups is 2. The molecule has 4 heteroatoms. The van der Waals surface area contributed by atoms with Crippen molar-refractivity contribution in [3.05, 3.63) is 24.5 Å². The highest BCUT2D eigenvalue weighted by molar-refractivity contribution is 6.10. The molecule has 0 saturated carbocycles. The SMILES string of the molecule is C=CCC1(C(=O)OC)CCC(OCC(C)C)=CC1=O. The van der Waals surface area contributed by atoms with Crippen molar-refractivity contribution in [2.45, 2.75) is 33.1 Å². The van der Waals surface area contributed by atoms with Gasteiger partial charge in [0.1, 0.15) is 5.41 Å². The molecule has 1 rings (SSSR count). The summed E-state index contributed by atoms with van der Waals surface area (Å²) in [7, 11) is 1.30. The highest BCUT2D eigenvalue weighted by Gasteiger charge is 2.46. The monoisotopic (exact) mass is 266 g/mol. The Bertz CT molecular complexity index is 395. The van der Waals surface area contributed by atoms with Gasteiger partial charge in [0.15, 0.2) is 5.78 Å². The third-order valence-electron chi connectivity index (χ3n) is 3.23. The van der Waals surface area contributed by atoms with E-state index in [1.165, 1.54) is 13.2 Å². The van der Waals surface area contributed by atoms with Crippen LogP contribution < -0.4 is 0 Å². The van der Waals surface area contributed by atoms with Gasteiger partial charge in [-0.1, -0.05) is 19.9 Å². The number of hydrogen-bond acceptors (Lipinski definition) is 4. The summed E-state index contributed by atoms with van der Waals surface area (Å²) in [6, 6.07) is 0. The van der Waals surface area contributed by atoms with Crippen LogP contribution in [-0.4, -0.2) is 25.5 Å². The first-order chi connectivity index (χ1) is 8.96. The van der Waals surface area contributed by atoms with Crippen molar-refractivity contribution in [1.82, 2.24) is 0 Å². The molecule has 0 radical (unpaired) electrons. The second-order valence-corrected chi connectivity index (χ2v) is 5.25. The second kappa shape index (κ2) is 6.55. The van der Waals surface area contributed by atoms with E-state index < -0.39 is 11.4 Å². The third-order valence-corrected chi connectivity index (χ3v) is 3.23. The van der Waals surface area contributed by atoms with Gasteiger partial charge in [-0.25, -0.2) is 0 Å². The van der Waals surface area contributed by atoms with E-state index in [1.807, 2.05) is 13.8 Å². The van der Waals surface area contributed by atoms with Crippen molar-refractivity contribution in [1.29, 1.82) is 0 Å². The average Bonchev–Trinajstić information content (AvgIpc) is 2.38. The number of ketones is 1. The van der Waals surface area contributed by atoms with Crippen molar-refractivity contribution in [3.8, 4) is 0 Å². The number of allylic oxidation sites excluding steroid dienone is 3. The molecule has 19 heavy (non-hydrogen) atoms. The Kier molecular flexibility index (Phi) is 5.33. The molecule has 1 aliphatic rings. The summed E-state index contributed by atoms with van der Waals surface area (Å²) in [4.78, 5) is 24.2. The third kappa shape index (κ3) is 3.46. The van der Waals surface area contributed by atoms with E-state index in [1.54, 1.807) is 6.08 Å². The van der Waals surface area contributed by atoms with Gasteiger partial charge in [0.05, 0.1) is 19.5 Å². The molecular formula is C15H22O4. The van der Waals surface area contributed by atoms with E-state index in [0.717, 1.165) is 0 Å². The van der Waals surface area contributed by atoms with E-state index in [9.17, 15) is 9.59 Å². The molecule has 0 amide bonds. The Hall–Kier alpha value is -1.58. The Morgan fingerprint density at radius 1 is 1.58 bits per heavy atom. The van der Waals surface area contributed by atoms with Gasteiger partial charge in [-0.3, -0.25) is 9.59 Å². The number of ether oxygens (including phenoxy) is 2.